The highest BCUT2D eigenvalue weighted by Crippen LogP contribution is 2.32. The molecule has 154 valence electrons. The van der Waals surface area contributed by atoms with Gasteiger partial charge in [0.25, 0.3) is 0 Å². The van der Waals surface area contributed by atoms with Crippen molar-refractivity contribution in [3.63, 3.8) is 0 Å². The lowest BCUT2D eigenvalue weighted by Crippen LogP contribution is -2.18. The molecule has 1 aromatic heterocycles. The van der Waals surface area contributed by atoms with E-state index in [-0.39, 0.29) is 35.5 Å². The number of aliphatic hydroxyl groups is 1. The van der Waals surface area contributed by atoms with Gasteiger partial charge in [-0.15, -0.1) is 0 Å². The first-order valence-electron chi connectivity index (χ1n) is 8.99. The molecule has 3 aromatic rings. The first kappa shape index (κ1) is 21.2. The van der Waals surface area contributed by atoms with E-state index in [2.05, 4.69) is 20.6 Å². The van der Waals surface area contributed by atoms with E-state index < -0.39 is 15.1 Å². The summed E-state index contributed by atoms with van der Waals surface area (Å²) < 4.78 is 26.4. The molecule has 0 unspecified atom stereocenters. The summed E-state index contributed by atoms with van der Waals surface area (Å²) >= 11 is 0. The van der Waals surface area contributed by atoms with Crippen LogP contribution in [0.2, 0.25) is 0 Å². The first-order chi connectivity index (χ1) is 14.4. The first-order valence-corrected chi connectivity index (χ1v) is 10.5. The summed E-state index contributed by atoms with van der Waals surface area (Å²) in [5.74, 6) is -0.167. The zero-order valence-electron chi connectivity index (χ0n) is 16.0. The van der Waals surface area contributed by atoms with Crippen LogP contribution in [0.4, 0.5) is 11.5 Å². The molecule has 0 spiro atoms. The molecule has 0 radical (unpaired) electrons. The van der Waals surface area contributed by atoms with Crippen LogP contribution in [0, 0.1) is 11.3 Å². The van der Waals surface area contributed by atoms with Crippen molar-refractivity contribution in [3.05, 3.63) is 54.2 Å². The summed E-state index contributed by atoms with van der Waals surface area (Å²) in [6.07, 6.45) is 0. The van der Waals surface area contributed by atoms with Gasteiger partial charge < -0.3 is 15.7 Å². The predicted octanol–water partition coefficient (Wildman–Crippen LogP) is 2.03. The van der Waals surface area contributed by atoms with Gasteiger partial charge in [-0.3, -0.25) is 4.79 Å². The lowest BCUT2D eigenvalue weighted by atomic mass is 10.2. The van der Waals surface area contributed by atoms with Gasteiger partial charge in [-0.05, 0) is 36.4 Å². The molecule has 1 amide bonds. The number of carbonyl (C=O) groups excluding carboxylic acids is 1. The highest BCUT2D eigenvalue weighted by Gasteiger charge is 2.33. The summed E-state index contributed by atoms with van der Waals surface area (Å²) in [6, 6.07) is 14.2. The third kappa shape index (κ3) is 4.37. The molecule has 30 heavy (non-hydrogen) atoms. The Kier molecular flexibility index (Phi) is 6.25. The third-order valence-corrected chi connectivity index (χ3v) is 6.06. The maximum atomic E-state index is 13.2. The number of nitrogens with zero attached hydrogens (tertiary/aromatic N) is 3. The normalized spacial score (nSPS) is 12.2. The van der Waals surface area contributed by atoms with Crippen LogP contribution in [-0.4, -0.2) is 42.6 Å². The van der Waals surface area contributed by atoms with Gasteiger partial charge in [-0.25, -0.2) is 18.4 Å². The molecule has 0 saturated heterocycles. The molecule has 1 heterocycles. The average molecular weight is 425 g/mol. The zero-order chi connectivity index (χ0) is 21.7. The SMILES string of the molecule is CC(=O)Nc1ccc(S(=O)(=O)[C@H](C#N)c2nc3ccccc3nc2NCCO)cc1. The Balaban J connectivity index is 2.08. The van der Waals surface area contributed by atoms with Crippen molar-refractivity contribution < 1.29 is 18.3 Å². The van der Waals surface area contributed by atoms with Crippen molar-refractivity contribution >= 4 is 38.3 Å². The van der Waals surface area contributed by atoms with Gasteiger partial charge in [0.2, 0.25) is 15.7 Å². The number of fused-ring (bicyclic) bond motifs is 1. The van der Waals surface area contributed by atoms with Gasteiger partial charge in [-0.2, -0.15) is 5.26 Å². The minimum atomic E-state index is -4.14. The van der Waals surface area contributed by atoms with Crippen LogP contribution < -0.4 is 10.6 Å². The Bertz CT molecular complexity index is 1220. The number of aromatic nitrogens is 2. The minimum absolute atomic E-state index is 0.0458. The van der Waals surface area contributed by atoms with Crippen molar-refractivity contribution in [1.29, 1.82) is 5.26 Å². The van der Waals surface area contributed by atoms with E-state index in [0.717, 1.165) is 0 Å². The fourth-order valence-electron chi connectivity index (χ4n) is 2.85. The Hall–Kier alpha value is -3.55. The summed E-state index contributed by atoms with van der Waals surface area (Å²) in [5.41, 5.74) is 1.36. The molecule has 2 aromatic carbocycles. The predicted molar refractivity (Wildman–Crippen MR) is 111 cm³/mol. The topological polar surface area (TPSA) is 145 Å². The summed E-state index contributed by atoms with van der Waals surface area (Å²) in [6.45, 7) is 1.25. The smallest absolute Gasteiger partial charge is 0.221 e. The maximum Gasteiger partial charge on any atom is 0.221 e. The van der Waals surface area contributed by atoms with Gasteiger partial charge >= 0.3 is 0 Å². The summed E-state index contributed by atoms with van der Waals surface area (Å²) in [4.78, 5) is 19.8. The van der Waals surface area contributed by atoms with E-state index in [1.807, 2.05) is 6.07 Å². The number of nitriles is 1. The summed E-state index contributed by atoms with van der Waals surface area (Å²) in [5, 5.41) is 22.6. The quantitative estimate of drug-likeness (QED) is 0.521. The van der Waals surface area contributed by atoms with Crippen LogP contribution in [-0.2, 0) is 14.6 Å². The molecule has 0 aliphatic rings. The van der Waals surface area contributed by atoms with Crippen molar-refractivity contribution in [2.75, 3.05) is 23.8 Å². The molecule has 0 fully saturated rings. The second-order valence-electron chi connectivity index (χ2n) is 6.36. The van der Waals surface area contributed by atoms with E-state index >= 15 is 0 Å². The van der Waals surface area contributed by atoms with E-state index in [1.54, 1.807) is 24.3 Å². The van der Waals surface area contributed by atoms with Gasteiger partial charge in [0.15, 0.2) is 11.1 Å². The molecule has 0 bridgehead atoms. The molecule has 3 rings (SSSR count). The van der Waals surface area contributed by atoms with Crippen LogP contribution in [0.1, 0.15) is 17.9 Å². The number of para-hydroxylation sites is 2. The molecule has 9 nitrogen and oxygen atoms in total. The number of nitrogens with one attached hydrogen (secondary N) is 2. The Morgan fingerprint density at radius 3 is 2.33 bits per heavy atom. The second kappa shape index (κ2) is 8.86. The van der Waals surface area contributed by atoms with E-state index in [9.17, 15) is 18.5 Å². The van der Waals surface area contributed by atoms with Crippen molar-refractivity contribution in [3.8, 4) is 6.07 Å². The number of aliphatic hydroxyl groups excluding tert-OH is 1. The van der Waals surface area contributed by atoms with Gasteiger partial charge in [0.1, 0.15) is 5.69 Å². The number of anilines is 2. The fraction of sp³-hybridized carbons (Fsp3) is 0.200. The van der Waals surface area contributed by atoms with Gasteiger partial charge in [0.05, 0.1) is 28.6 Å². The Labute approximate surface area is 173 Å². The monoisotopic (exact) mass is 425 g/mol. The van der Waals surface area contributed by atoms with Crippen LogP contribution >= 0.6 is 0 Å². The fourth-order valence-corrected chi connectivity index (χ4v) is 4.23. The van der Waals surface area contributed by atoms with Gasteiger partial charge in [0, 0.05) is 19.2 Å². The summed E-state index contributed by atoms with van der Waals surface area (Å²) in [7, 11) is -4.14. The minimum Gasteiger partial charge on any atom is -0.395 e. The van der Waals surface area contributed by atoms with Crippen molar-refractivity contribution in [1.82, 2.24) is 9.97 Å². The number of sulfone groups is 1. The lowest BCUT2D eigenvalue weighted by molar-refractivity contribution is -0.114. The Morgan fingerprint density at radius 2 is 1.77 bits per heavy atom. The average Bonchev–Trinajstić information content (AvgIpc) is 2.72. The number of benzene rings is 2. The third-order valence-electron chi connectivity index (χ3n) is 4.18. The molecule has 1 atom stereocenters. The van der Waals surface area contributed by atoms with E-state index in [4.69, 9.17) is 5.11 Å². The molecule has 0 aliphatic carbocycles. The highest BCUT2D eigenvalue weighted by atomic mass is 32.2. The number of carbonyl (C=O) groups is 1. The molecule has 3 N–H and O–H groups in total. The van der Waals surface area contributed by atoms with Crippen molar-refractivity contribution in [2.45, 2.75) is 17.1 Å². The number of rotatable bonds is 7. The molecular formula is C20H19N5O4S. The molecular weight excluding hydrogens is 406 g/mol. The van der Waals surface area contributed by atoms with E-state index in [0.29, 0.717) is 16.7 Å². The molecule has 0 saturated carbocycles. The van der Waals surface area contributed by atoms with Crippen LogP contribution in [0.5, 0.6) is 0 Å². The molecule has 0 aliphatic heterocycles. The van der Waals surface area contributed by atoms with Crippen LogP contribution in [0.3, 0.4) is 0 Å². The zero-order valence-corrected chi connectivity index (χ0v) is 16.8. The van der Waals surface area contributed by atoms with Crippen LogP contribution in [0.25, 0.3) is 11.0 Å². The Morgan fingerprint density at radius 1 is 1.13 bits per heavy atom. The van der Waals surface area contributed by atoms with E-state index in [1.165, 1.54) is 31.2 Å². The highest BCUT2D eigenvalue weighted by molar-refractivity contribution is 7.92. The number of hydrogen-bond donors (Lipinski definition) is 3. The number of amides is 1. The van der Waals surface area contributed by atoms with Crippen molar-refractivity contribution in [2.24, 2.45) is 0 Å². The second-order valence-corrected chi connectivity index (χ2v) is 8.39. The van der Waals surface area contributed by atoms with Gasteiger partial charge in [-0.1, -0.05) is 12.1 Å². The lowest BCUT2D eigenvalue weighted by Gasteiger charge is -2.16. The standard InChI is InChI=1S/C20H19N5O4S/c1-13(27)23-14-6-8-15(9-7-14)30(28,29)18(12-21)19-20(22-10-11-26)25-17-5-3-2-4-16(17)24-19/h2-9,18,26H,10-11H2,1H3,(H,22,25)(H,23,27)/t18-/m1/s1. The maximum absolute atomic E-state index is 13.2. The molecule has 10 heteroatoms. The number of hydrogen-bond acceptors (Lipinski definition) is 8. The largest absolute Gasteiger partial charge is 0.395 e. The van der Waals surface area contributed by atoms with Crippen LogP contribution in [0.15, 0.2) is 53.4 Å².